The Balaban J connectivity index is 1.65. The van der Waals surface area contributed by atoms with Gasteiger partial charge in [0.05, 0.1) is 0 Å². The van der Waals surface area contributed by atoms with Crippen LogP contribution in [0.3, 0.4) is 0 Å². The third-order valence-electron chi connectivity index (χ3n) is 2.90. The third kappa shape index (κ3) is 3.64. The van der Waals surface area contributed by atoms with Gasteiger partial charge in [0, 0.05) is 16.1 Å². The van der Waals surface area contributed by atoms with E-state index in [1.807, 2.05) is 0 Å². The number of nitrogens with one attached hydrogen (secondary N) is 2. The first-order chi connectivity index (χ1) is 11.1. The Morgan fingerprint density at radius 3 is 2.70 bits per heavy atom. The molecule has 23 heavy (non-hydrogen) atoms. The molecule has 0 radical (unpaired) electrons. The lowest BCUT2D eigenvalue weighted by atomic mass is 10.2. The standard InChI is InChI=1S/C15H10ClFN4O2/c16-11-6-4-9(5-7-11)13-18-15(23-21-13)20-19-14(22)10-2-1-3-12(17)8-10/h1-8H,(H,19,22)(H,18,20,21). The average molecular weight is 333 g/mol. The zero-order valence-corrected chi connectivity index (χ0v) is 12.3. The summed E-state index contributed by atoms with van der Waals surface area (Å²) >= 11 is 5.81. The van der Waals surface area contributed by atoms with Gasteiger partial charge in [-0.05, 0) is 42.5 Å². The lowest BCUT2D eigenvalue weighted by Gasteiger charge is -2.03. The van der Waals surface area contributed by atoms with Crippen LogP contribution in [0.25, 0.3) is 11.4 Å². The number of nitrogens with zero attached hydrogens (tertiary/aromatic N) is 2. The molecular formula is C15H10ClFN4O2. The molecule has 3 rings (SSSR count). The van der Waals surface area contributed by atoms with E-state index in [-0.39, 0.29) is 11.6 Å². The maximum Gasteiger partial charge on any atom is 0.340 e. The summed E-state index contributed by atoms with van der Waals surface area (Å²) in [7, 11) is 0. The van der Waals surface area contributed by atoms with Crippen molar-refractivity contribution in [3.8, 4) is 11.4 Å². The largest absolute Gasteiger partial charge is 0.340 e. The molecule has 1 heterocycles. The zero-order chi connectivity index (χ0) is 16.2. The Kier molecular flexibility index (Phi) is 4.20. The molecule has 0 aliphatic heterocycles. The molecule has 0 aliphatic carbocycles. The molecule has 1 amide bonds. The van der Waals surface area contributed by atoms with Crippen LogP contribution in [0.1, 0.15) is 10.4 Å². The van der Waals surface area contributed by atoms with Crippen molar-refractivity contribution in [3.05, 3.63) is 64.9 Å². The maximum absolute atomic E-state index is 13.1. The fraction of sp³-hybridized carbons (Fsp3) is 0. The lowest BCUT2D eigenvalue weighted by molar-refractivity contribution is 0.0960. The molecular weight excluding hydrogens is 323 g/mol. The van der Waals surface area contributed by atoms with E-state index in [0.29, 0.717) is 16.4 Å². The number of hydrogen-bond acceptors (Lipinski definition) is 5. The summed E-state index contributed by atoms with van der Waals surface area (Å²) in [5, 5.41) is 4.37. The Morgan fingerprint density at radius 2 is 1.96 bits per heavy atom. The summed E-state index contributed by atoms with van der Waals surface area (Å²) in [4.78, 5) is 15.9. The number of halogens is 2. The predicted octanol–water partition coefficient (Wildman–Crippen LogP) is 3.29. The first kappa shape index (κ1) is 15.0. The monoisotopic (exact) mass is 332 g/mol. The minimum absolute atomic E-state index is 0.000275. The minimum Gasteiger partial charge on any atom is -0.313 e. The number of benzene rings is 2. The maximum atomic E-state index is 13.1. The van der Waals surface area contributed by atoms with Crippen LogP contribution in [0.15, 0.2) is 53.1 Å². The van der Waals surface area contributed by atoms with Gasteiger partial charge >= 0.3 is 6.01 Å². The van der Waals surface area contributed by atoms with Gasteiger partial charge in [-0.2, -0.15) is 4.98 Å². The van der Waals surface area contributed by atoms with Crippen molar-refractivity contribution in [2.24, 2.45) is 0 Å². The molecule has 3 aromatic rings. The third-order valence-corrected chi connectivity index (χ3v) is 3.15. The van der Waals surface area contributed by atoms with E-state index in [0.717, 1.165) is 6.07 Å². The summed E-state index contributed by atoms with van der Waals surface area (Å²) < 4.78 is 18.0. The molecule has 0 fully saturated rings. The molecule has 0 spiro atoms. The van der Waals surface area contributed by atoms with E-state index in [1.54, 1.807) is 24.3 Å². The molecule has 0 bridgehead atoms. The summed E-state index contributed by atoms with van der Waals surface area (Å²) in [5.41, 5.74) is 5.69. The molecule has 0 unspecified atom stereocenters. The number of carbonyl (C=O) groups excluding carboxylic acids is 1. The Hall–Kier alpha value is -2.93. The van der Waals surface area contributed by atoms with Crippen molar-refractivity contribution >= 4 is 23.5 Å². The molecule has 0 aliphatic rings. The van der Waals surface area contributed by atoms with Crippen LogP contribution in [0, 0.1) is 5.82 Å². The molecule has 1 aromatic heterocycles. The normalized spacial score (nSPS) is 10.3. The van der Waals surface area contributed by atoms with Gasteiger partial charge in [0.1, 0.15) is 5.82 Å². The molecule has 6 nitrogen and oxygen atoms in total. The van der Waals surface area contributed by atoms with Gasteiger partial charge < -0.3 is 4.52 Å². The fourth-order valence-electron chi connectivity index (χ4n) is 1.80. The highest BCUT2D eigenvalue weighted by Gasteiger charge is 2.10. The van der Waals surface area contributed by atoms with Gasteiger partial charge in [-0.15, -0.1) is 0 Å². The van der Waals surface area contributed by atoms with E-state index in [2.05, 4.69) is 21.0 Å². The second kappa shape index (κ2) is 6.45. The number of amides is 1. The molecule has 8 heteroatoms. The van der Waals surface area contributed by atoms with Crippen molar-refractivity contribution in [2.75, 3.05) is 5.43 Å². The number of hydrogen-bond donors (Lipinski definition) is 2. The number of anilines is 1. The number of aromatic nitrogens is 2. The first-order valence-electron chi connectivity index (χ1n) is 6.53. The van der Waals surface area contributed by atoms with Crippen molar-refractivity contribution in [2.45, 2.75) is 0 Å². The number of rotatable bonds is 4. The number of carbonyl (C=O) groups is 1. The summed E-state index contributed by atoms with van der Waals surface area (Å²) in [6.07, 6.45) is 0. The van der Waals surface area contributed by atoms with E-state index in [1.165, 1.54) is 18.2 Å². The molecule has 0 saturated heterocycles. The molecule has 0 saturated carbocycles. The van der Waals surface area contributed by atoms with E-state index >= 15 is 0 Å². The van der Waals surface area contributed by atoms with Crippen LogP contribution in [0.2, 0.25) is 5.02 Å². The Morgan fingerprint density at radius 1 is 1.17 bits per heavy atom. The molecule has 116 valence electrons. The average Bonchev–Trinajstić information content (AvgIpc) is 3.02. The predicted molar refractivity (Wildman–Crippen MR) is 82.2 cm³/mol. The van der Waals surface area contributed by atoms with E-state index < -0.39 is 11.7 Å². The van der Waals surface area contributed by atoms with E-state index in [9.17, 15) is 9.18 Å². The Labute approximate surface area is 135 Å². The summed E-state index contributed by atoms with van der Waals surface area (Å²) in [6.45, 7) is 0. The summed E-state index contributed by atoms with van der Waals surface area (Å²) in [5.74, 6) is -0.694. The highest BCUT2D eigenvalue weighted by molar-refractivity contribution is 6.30. The zero-order valence-electron chi connectivity index (χ0n) is 11.6. The second-order valence-corrected chi connectivity index (χ2v) is 4.96. The van der Waals surface area contributed by atoms with Gasteiger partial charge in [-0.1, -0.05) is 22.8 Å². The molecule has 2 aromatic carbocycles. The molecule has 0 atom stereocenters. The highest BCUT2D eigenvalue weighted by Crippen LogP contribution is 2.19. The van der Waals surface area contributed by atoms with Gasteiger partial charge in [0.2, 0.25) is 5.82 Å². The fourth-order valence-corrected chi connectivity index (χ4v) is 1.93. The Bertz CT molecular complexity index is 836. The van der Waals surface area contributed by atoms with Crippen LogP contribution >= 0.6 is 11.6 Å². The first-order valence-corrected chi connectivity index (χ1v) is 6.91. The quantitative estimate of drug-likeness (QED) is 0.717. The van der Waals surface area contributed by atoms with Crippen molar-refractivity contribution < 1.29 is 13.7 Å². The lowest BCUT2D eigenvalue weighted by Crippen LogP contribution is -2.29. The van der Waals surface area contributed by atoms with Crippen LogP contribution < -0.4 is 10.9 Å². The smallest absolute Gasteiger partial charge is 0.313 e. The minimum atomic E-state index is -0.532. The number of hydrazine groups is 1. The van der Waals surface area contributed by atoms with Crippen molar-refractivity contribution in [1.82, 2.24) is 15.6 Å². The summed E-state index contributed by atoms with van der Waals surface area (Å²) in [6, 6.07) is 12.2. The van der Waals surface area contributed by atoms with Crippen LogP contribution in [-0.2, 0) is 0 Å². The van der Waals surface area contributed by atoms with Crippen LogP contribution in [-0.4, -0.2) is 16.0 Å². The highest BCUT2D eigenvalue weighted by atomic mass is 35.5. The molecule has 2 N–H and O–H groups in total. The topological polar surface area (TPSA) is 80.0 Å². The van der Waals surface area contributed by atoms with Gasteiger partial charge in [0.15, 0.2) is 0 Å². The van der Waals surface area contributed by atoms with E-state index in [4.69, 9.17) is 16.1 Å². The van der Waals surface area contributed by atoms with Gasteiger partial charge in [-0.3, -0.25) is 10.2 Å². The van der Waals surface area contributed by atoms with Gasteiger partial charge in [-0.25, -0.2) is 9.82 Å². The van der Waals surface area contributed by atoms with Crippen molar-refractivity contribution in [3.63, 3.8) is 0 Å². The SMILES string of the molecule is O=C(NNc1nc(-c2ccc(Cl)cc2)no1)c1cccc(F)c1. The second-order valence-electron chi connectivity index (χ2n) is 4.52. The van der Waals surface area contributed by atoms with Crippen molar-refractivity contribution in [1.29, 1.82) is 0 Å². The van der Waals surface area contributed by atoms with Gasteiger partial charge in [0.25, 0.3) is 5.91 Å². The van der Waals surface area contributed by atoms with Crippen LogP contribution in [0.5, 0.6) is 0 Å². The van der Waals surface area contributed by atoms with Crippen LogP contribution in [0.4, 0.5) is 10.4 Å².